The Morgan fingerprint density at radius 3 is 1.43 bits per heavy atom. The summed E-state index contributed by atoms with van der Waals surface area (Å²) in [4.78, 5) is 0. The third-order valence-corrected chi connectivity index (χ3v) is 3.98. The van der Waals surface area contributed by atoms with Crippen molar-refractivity contribution in [2.24, 2.45) is 0 Å². The van der Waals surface area contributed by atoms with E-state index < -0.39 is 0 Å². The smallest absolute Gasteiger partial charge is 0.195 e. The van der Waals surface area contributed by atoms with Gasteiger partial charge in [0.2, 0.25) is 0 Å². The number of halogens is 1. The van der Waals surface area contributed by atoms with Gasteiger partial charge in [0.05, 0.1) is 0 Å². The fraction of sp³-hybridized carbons (Fsp3) is 1.00. The second kappa shape index (κ2) is 8.65. The molecule has 0 bridgehead atoms. The summed E-state index contributed by atoms with van der Waals surface area (Å²) < 4.78 is 0. The van der Waals surface area contributed by atoms with Crippen molar-refractivity contribution in [2.75, 3.05) is 0 Å². The quantitative estimate of drug-likeness (QED) is 0.478. The number of hydrogen-bond acceptors (Lipinski definition) is 0. The molecule has 0 aromatic carbocycles. The van der Waals surface area contributed by atoms with Crippen LogP contribution in [0.1, 0.15) is 66.2 Å². The van der Waals surface area contributed by atoms with Gasteiger partial charge in [0.15, 0.2) is 0 Å². The zero-order chi connectivity index (χ0) is 11.0. The molecule has 0 saturated carbocycles. The summed E-state index contributed by atoms with van der Waals surface area (Å²) in [6.45, 7) is 9.06. The summed E-state index contributed by atoms with van der Waals surface area (Å²) in [7, 11) is 0. The van der Waals surface area contributed by atoms with Gasteiger partial charge < -0.3 is 0 Å². The first kappa shape index (κ1) is 14.4. The molecule has 0 radical (unpaired) electrons. The highest BCUT2D eigenvalue weighted by Gasteiger charge is 2.28. The van der Waals surface area contributed by atoms with Crippen LogP contribution in [0.2, 0.25) is 11.6 Å². The van der Waals surface area contributed by atoms with Crippen LogP contribution in [0.25, 0.3) is 0 Å². The van der Waals surface area contributed by atoms with Crippen LogP contribution in [0.15, 0.2) is 0 Å². The molecule has 0 fully saturated rings. The minimum atomic E-state index is 0.407. The van der Waals surface area contributed by atoms with Crippen molar-refractivity contribution in [2.45, 2.75) is 77.9 Å². The Bertz CT molecular complexity index is 113. The average molecular weight is 217 g/mol. The summed E-state index contributed by atoms with van der Waals surface area (Å²) in [6.07, 6.45) is 8.01. The van der Waals surface area contributed by atoms with Crippen LogP contribution in [0.3, 0.4) is 0 Å². The van der Waals surface area contributed by atoms with Gasteiger partial charge >= 0.3 is 0 Å². The molecule has 0 aliphatic rings. The molecule has 0 aromatic heterocycles. The fourth-order valence-electron chi connectivity index (χ4n) is 2.30. The zero-order valence-corrected chi connectivity index (χ0v) is 11.1. The van der Waals surface area contributed by atoms with E-state index in [-0.39, 0.29) is 0 Å². The largest absolute Gasteiger partial charge is 0.256 e. The van der Waals surface area contributed by atoms with Crippen LogP contribution < -0.4 is 0 Å². The average Bonchev–Trinajstić information content (AvgIpc) is 2.21. The molecule has 2 atom stereocenters. The molecule has 2 heteroatoms. The number of hydrogen-bond donors (Lipinski definition) is 0. The van der Waals surface area contributed by atoms with Crippen molar-refractivity contribution >= 4 is 17.6 Å². The van der Waals surface area contributed by atoms with Gasteiger partial charge in [0.25, 0.3) is 6.13 Å². The van der Waals surface area contributed by atoms with E-state index in [0.717, 1.165) is 11.6 Å². The van der Waals surface area contributed by atoms with Gasteiger partial charge in [-0.05, 0) is 11.6 Å². The van der Waals surface area contributed by atoms with E-state index in [2.05, 4.69) is 27.7 Å². The predicted octanol–water partition coefficient (Wildman–Crippen LogP) is 5.38. The second-order valence-electron chi connectivity index (χ2n) is 4.36. The Morgan fingerprint density at radius 2 is 1.21 bits per heavy atom. The van der Waals surface area contributed by atoms with Gasteiger partial charge in [-0.1, -0.05) is 66.2 Å². The first-order valence-electron chi connectivity index (χ1n) is 6.35. The first-order chi connectivity index (χ1) is 6.71. The van der Waals surface area contributed by atoms with E-state index >= 15 is 0 Å². The number of rotatable bonds is 8. The minimum Gasteiger partial charge on any atom is -0.195 e. The molecule has 0 N–H and O–H groups in total. The first-order valence-corrected chi connectivity index (χ1v) is 6.78. The van der Waals surface area contributed by atoms with Gasteiger partial charge in [0, 0.05) is 0 Å². The van der Waals surface area contributed by atoms with Gasteiger partial charge in [-0.25, -0.2) is 0 Å². The summed E-state index contributed by atoms with van der Waals surface area (Å²) in [5.74, 6) is 1.47. The summed E-state index contributed by atoms with van der Waals surface area (Å²) >= 11 is 6.57. The maximum atomic E-state index is 6.57. The molecule has 0 aromatic rings. The minimum absolute atomic E-state index is 0.407. The lowest BCUT2D eigenvalue weighted by atomic mass is 9.49. The summed E-state index contributed by atoms with van der Waals surface area (Å²) in [5.41, 5.74) is 0. The van der Waals surface area contributed by atoms with Crippen LogP contribution in [-0.4, -0.2) is 6.13 Å². The van der Waals surface area contributed by atoms with E-state index in [4.69, 9.17) is 11.5 Å². The van der Waals surface area contributed by atoms with Gasteiger partial charge in [-0.15, -0.1) is 0 Å². The molecule has 0 heterocycles. The van der Waals surface area contributed by atoms with E-state index in [9.17, 15) is 0 Å². The lowest BCUT2D eigenvalue weighted by Gasteiger charge is -2.24. The molecule has 0 nitrogen and oxygen atoms in total. The summed E-state index contributed by atoms with van der Waals surface area (Å²) in [5, 5.41) is 0. The Labute approximate surface area is 95.8 Å². The summed E-state index contributed by atoms with van der Waals surface area (Å²) in [6, 6.07) is 0. The predicted molar refractivity (Wildman–Crippen MR) is 69.5 cm³/mol. The van der Waals surface area contributed by atoms with Crippen LogP contribution in [0.4, 0.5) is 0 Å². The third-order valence-electron chi connectivity index (χ3n) is 3.27. The highest BCUT2D eigenvalue weighted by molar-refractivity contribution is 7.08. The van der Waals surface area contributed by atoms with Gasteiger partial charge in [-0.3, -0.25) is 0 Å². The second-order valence-corrected chi connectivity index (χ2v) is 4.86. The van der Waals surface area contributed by atoms with Crippen molar-refractivity contribution in [3.8, 4) is 0 Å². The third kappa shape index (κ3) is 4.73. The van der Waals surface area contributed by atoms with E-state index in [0.29, 0.717) is 6.13 Å². The standard InChI is InChI=1S/C12H26BCl/c1-5-9-11(7-3)13(14)12(8-4)10-6-2/h11-12H,5-10H2,1-4H3. The van der Waals surface area contributed by atoms with Crippen molar-refractivity contribution in [1.82, 2.24) is 0 Å². The molecule has 0 rings (SSSR count). The molecule has 2 unspecified atom stereocenters. The Hall–Kier alpha value is 0.355. The van der Waals surface area contributed by atoms with Crippen LogP contribution in [-0.2, 0) is 0 Å². The van der Waals surface area contributed by atoms with Crippen molar-refractivity contribution in [1.29, 1.82) is 0 Å². The van der Waals surface area contributed by atoms with Gasteiger partial charge in [0.1, 0.15) is 0 Å². The van der Waals surface area contributed by atoms with Gasteiger partial charge in [-0.2, -0.15) is 11.5 Å². The molecular weight excluding hydrogens is 190 g/mol. The Balaban J connectivity index is 4.13. The fourth-order valence-corrected chi connectivity index (χ4v) is 2.91. The van der Waals surface area contributed by atoms with E-state index in [1.165, 1.54) is 38.5 Å². The molecule has 0 saturated heterocycles. The lowest BCUT2D eigenvalue weighted by Crippen LogP contribution is -2.20. The molecule has 0 aliphatic carbocycles. The van der Waals surface area contributed by atoms with Crippen molar-refractivity contribution in [3.05, 3.63) is 0 Å². The Kier molecular flexibility index (Phi) is 8.87. The normalized spacial score (nSPS) is 15.2. The molecule has 14 heavy (non-hydrogen) atoms. The molecule has 0 aliphatic heterocycles. The zero-order valence-electron chi connectivity index (χ0n) is 10.4. The van der Waals surface area contributed by atoms with Crippen LogP contribution >= 0.6 is 11.5 Å². The van der Waals surface area contributed by atoms with Crippen LogP contribution in [0, 0.1) is 0 Å². The van der Waals surface area contributed by atoms with Crippen LogP contribution in [0.5, 0.6) is 0 Å². The molecule has 0 spiro atoms. The highest BCUT2D eigenvalue weighted by Crippen LogP contribution is 2.35. The highest BCUT2D eigenvalue weighted by atomic mass is 35.5. The van der Waals surface area contributed by atoms with Crippen molar-refractivity contribution in [3.63, 3.8) is 0 Å². The van der Waals surface area contributed by atoms with Crippen molar-refractivity contribution < 1.29 is 0 Å². The van der Waals surface area contributed by atoms with E-state index in [1.54, 1.807) is 0 Å². The SMILES string of the molecule is CCCC(CC)B(Cl)C(CC)CCC. The maximum Gasteiger partial charge on any atom is 0.256 e. The molecular formula is C12H26BCl. The van der Waals surface area contributed by atoms with E-state index in [1.807, 2.05) is 0 Å². The lowest BCUT2D eigenvalue weighted by molar-refractivity contribution is 0.638. The Morgan fingerprint density at radius 1 is 0.857 bits per heavy atom. The maximum absolute atomic E-state index is 6.57. The molecule has 0 amide bonds. The monoisotopic (exact) mass is 216 g/mol. The topological polar surface area (TPSA) is 0 Å². The molecule has 84 valence electrons.